The highest BCUT2D eigenvalue weighted by Crippen LogP contribution is 2.45. The average Bonchev–Trinajstić information content (AvgIpc) is 2.85. The molecular weight excluding hydrogens is 494 g/mol. The molecule has 0 saturated heterocycles. The Labute approximate surface area is 227 Å². The number of aromatic nitrogens is 2. The molecule has 0 fully saturated rings. The summed E-state index contributed by atoms with van der Waals surface area (Å²) in [7, 11) is 0. The van der Waals surface area contributed by atoms with Crippen LogP contribution in [0.15, 0.2) is 42.6 Å². The minimum atomic E-state index is -0.551. The predicted molar refractivity (Wildman–Crippen MR) is 151 cm³/mol. The first-order valence-electron chi connectivity index (χ1n) is 13.1. The standard InChI is InChI=1S/C31H33N3O5/c1-17-15-23-21(8-10-26(34-23)33-18(2)35)29(27(17)25(16-38-19(3)36)39-31(4,5)6)22-7-9-24-28-20(12-14-37-24)11-13-32-30(22)28/h7-11,13,15,25H,12,14,16H2,1-6H3,(H,33,34,35)/t25-/m1/s1. The van der Waals surface area contributed by atoms with Crippen LogP contribution in [-0.4, -0.2) is 40.7 Å². The summed E-state index contributed by atoms with van der Waals surface area (Å²) in [6.07, 6.45) is 2.09. The molecule has 8 nitrogen and oxygen atoms in total. The van der Waals surface area contributed by atoms with E-state index in [0.29, 0.717) is 12.4 Å². The van der Waals surface area contributed by atoms with Gasteiger partial charge in [0.15, 0.2) is 0 Å². The molecule has 2 aromatic heterocycles. The first kappa shape index (κ1) is 26.6. The Bertz CT molecular complexity index is 1600. The number of nitrogens with one attached hydrogen (secondary N) is 1. The smallest absolute Gasteiger partial charge is 0.302 e. The van der Waals surface area contributed by atoms with Crippen molar-refractivity contribution in [3.8, 4) is 16.9 Å². The Balaban J connectivity index is 1.84. The summed E-state index contributed by atoms with van der Waals surface area (Å²) in [5.74, 6) is 0.719. The van der Waals surface area contributed by atoms with Gasteiger partial charge in [-0.1, -0.05) is 0 Å². The van der Waals surface area contributed by atoms with E-state index in [-0.39, 0.29) is 18.5 Å². The number of amides is 1. The fourth-order valence-electron chi connectivity index (χ4n) is 5.28. The number of ether oxygens (including phenoxy) is 3. The number of carbonyl (C=O) groups excluding carboxylic acids is 2. The molecule has 2 aromatic carbocycles. The number of esters is 1. The highest BCUT2D eigenvalue weighted by Gasteiger charge is 2.29. The van der Waals surface area contributed by atoms with Crippen molar-refractivity contribution >= 4 is 39.5 Å². The maximum absolute atomic E-state index is 11.9. The van der Waals surface area contributed by atoms with Crippen molar-refractivity contribution in [2.24, 2.45) is 0 Å². The van der Waals surface area contributed by atoms with Gasteiger partial charge in [0, 0.05) is 42.8 Å². The van der Waals surface area contributed by atoms with E-state index in [1.165, 1.54) is 19.4 Å². The maximum Gasteiger partial charge on any atom is 0.302 e. The Morgan fingerprint density at radius 1 is 1.13 bits per heavy atom. The third-order valence-corrected chi connectivity index (χ3v) is 6.64. The van der Waals surface area contributed by atoms with Crippen LogP contribution in [0.1, 0.15) is 57.4 Å². The van der Waals surface area contributed by atoms with Crippen molar-refractivity contribution < 1.29 is 23.8 Å². The van der Waals surface area contributed by atoms with Crippen LogP contribution < -0.4 is 10.1 Å². The van der Waals surface area contributed by atoms with Crippen LogP contribution in [0, 0.1) is 6.92 Å². The zero-order valence-corrected chi connectivity index (χ0v) is 23.2. The molecule has 1 atom stereocenters. The van der Waals surface area contributed by atoms with Crippen LogP contribution in [0.5, 0.6) is 5.75 Å². The first-order valence-corrected chi connectivity index (χ1v) is 13.1. The summed E-state index contributed by atoms with van der Waals surface area (Å²) in [6.45, 7) is 11.5. The Hall–Kier alpha value is -4.04. The van der Waals surface area contributed by atoms with E-state index < -0.39 is 11.7 Å². The number of aryl methyl sites for hydroxylation is 1. The van der Waals surface area contributed by atoms with Crippen LogP contribution in [0.4, 0.5) is 5.82 Å². The van der Waals surface area contributed by atoms with Crippen LogP contribution in [-0.2, 0) is 25.5 Å². The van der Waals surface area contributed by atoms with Gasteiger partial charge in [-0.05, 0) is 86.3 Å². The monoisotopic (exact) mass is 527 g/mol. The molecule has 0 spiro atoms. The number of hydrogen-bond donors (Lipinski definition) is 1. The molecule has 5 rings (SSSR count). The quantitative estimate of drug-likeness (QED) is 0.304. The molecule has 202 valence electrons. The number of rotatable bonds is 6. The van der Waals surface area contributed by atoms with Gasteiger partial charge in [0.05, 0.1) is 23.2 Å². The lowest BCUT2D eigenvalue weighted by Gasteiger charge is -2.31. The largest absolute Gasteiger partial charge is 0.493 e. The van der Waals surface area contributed by atoms with Crippen molar-refractivity contribution in [1.29, 1.82) is 0 Å². The molecule has 0 saturated carbocycles. The lowest BCUT2D eigenvalue weighted by atomic mass is 9.86. The van der Waals surface area contributed by atoms with Gasteiger partial charge in [-0.3, -0.25) is 14.6 Å². The second kappa shape index (κ2) is 10.3. The number of benzene rings is 2. The summed E-state index contributed by atoms with van der Waals surface area (Å²) in [6, 6.07) is 11.8. The van der Waals surface area contributed by atoms with E-state index >= 15 is 0 Å². The first-order chi connectivity index (χ1) is 18.5. The third-order valence-electron chi connectivity index (χ3n) is 6.64. The van der Waals surface area contributed by atoms with Gasteiger partial charge in [0.25, 0.3) is 0 Å². The van der Waals surface area contributed by atoms with Crippen molar-refractivity contribution in [2.45, 2.75) is 59.7 Å². The van der Waals surface area contributed by atoms with E-state index in [4.69, 9.17) is 24.2 Å². The van der Waals surface area contributed by atoms with Gasteiger partial charge >= 0.3 is 5.97 Å². The molecule has 0 radical (unpaired) electrons. The summed E-state index contributed by atoms with van der Waals surface area (Å²) in [4.78, 5) is 33.2. The van der Waals surface area contributed by atoms with Gasteiger partial charge in [0.2, 0.25) is 5.91 Å². The summed E-state index contributed by atoms with van der Waals surface area (Å²) in [5.41, 5.74) is 5.84. The van der Waals surface area contributed by atoms with Crippen molar-refractivity contribution in [3.05, 3.63) is 59.3 Å². The average molecular weight is 528 g/mol. The third kappa shape index (κ3) is 5.43. The zero-order chi connectivity index (χ0) is 27.9. The van der Waals surface area contributed by atoms with Gasteiger partial charge < -0.3 is 19.5 Å². The van der Waals surface area contributed by atoms with Crippen LogP contribution in [0.2, 0.25) is 0 Å². The zero-order valence-electron chi connectivity index (χ0n) is 23.2. The van der Waals surface area contributed by atoms with Gasteiger partial charge in [-0.15, -0.1) is 0 Å². The Kier molecular flexibility index (Phi) is 6.99. The van der Waals surface area contributed by atoms with E-state index in [1.807, 2.05) is 64.2 Å². The second-order valence-electron chi connectivity index (χ2n) is 10.9. The van der Waals surface area contributed by atoms with Crippen molar-refractivity contribution in [3.63, 3.8) is 0 Å². The SMILES string of the molecule is CC(=O)Nc1ccc2c(-c3ccc4c5c(ccnc35)CCO4)c([C@@H](COC(C)=O)OC(C)(C)C)c(C)cc2n1. The number of carbonyl (C=O) groups is 2. The maximum atomic E-state index is 11.9. The lowest BCUT2D eigenvalue weighted by Crippen LogP contribution is -2.27. The lowest BCUT2D eigenvalue weighted by molar-refractivity contribution is -0.150. The minimum Gasteiger partial charge on any atom is -0.493 e. The number of hydrogen-bond acceptors (Lipinski definition) is 7. The highest BCUT2D eigenvalue weighted by molar-refractivity contribution is 6.07. The number of pyridine rings is 2. The Morgan fingerprint density at radius 2 is 1.92 bits per heavy atom. The van der Waals surface area contributed by atoms with Crippen molar-refractivity contribution in [1.82, 2.24) is 9.97 Å². The van der Waals surface area contributed by atoms with Crippen LogP contribution >= 0.6 is 0 Å². The molecule has 3 heterocycles. The molecule has 39 heavy (non-hydrogen) atoms. The normalized spacial score (nSPS) is 13.7. The topological polar surface area (TPSA) is 99.6 Å². The molecular formula is C31H33N3O5. The summed E-state index contributed by atoms with van der Waals surface area (Å²) >= 11 is 0. The summed E-state index contributed by atoms with van der Waals surface area (Å²) < 4.78 is 18.0. The van der Waals surface area contributed by atoms with E-state index in [0.717, 1.165) is 56.2 Å². The number of nitrogens with zero attached hydrogens (tertiary/aromatic N) is 2. The summed E-state index contributed by atoms with van der Waals surface area (Å²) in [5, 5.41) is 4.64. The fourth-order valence-corrected chi connectivity index (χ4v) is 5.28. The minimum absolute atomic E-state index is 0.0567. The molecule has 1 aliphatic rings. The van der Waals surface area contributed by atoms with E-state index in [1.54, 1.807) is 6.07 Å². The van der Waals surface area contributed by atoms with E-state index in [2.05, 4.69) is 5.32 Å². The van der Waals surface area contributed by atoms with Crippen LogP contribution in [0.3, 0.4) is 0 Å². The number of anilines is 1. The molecule has 1 N–H and O–H groups in total. The molecule has 8 heteroatoms. The highest BCUT2D eigenvalue weighted by atomic mass is 16.6. The van der Waals surface area contributed by atoms with Crippen molar-refractivity contribution in [2.75, 3.05) is 18.5 Å². The van der Waals surface area contributed by atoms with Crippen LogP contribution in [0.25, 0.3) is 32.9 Å². The van der Waals surface area contributed by atoms with E-state index in [9.17, 15) is 9.59 Å². The molecule has 4 aromatic rings. The molecule has 0 aliphatic carbocycles. The predicted octanol–water partition coefficient (Wildman–Crippen LogP) is 6.07. The second-order valence-corrected chi connectivity index (χ2v) is 10.9. The molecule has 0 bridgehead atoms. The Morgan fingerprint density at radius 3 is 2.64 bits per heavy atom. The number of fused-ring (bicyclic) bond motifs is 1. The van der Waals surface area contributed by atoms with Gasteiger partial charge in [-0.2, -0.15) is 0 Å². The molecule has 1 amide bonds. The molecule has 0 unspecified atom stereocenters. The fraction of sp³-hybridized carbons (Fsp3) is 0.355. The van der Waals surface area contributed by atoms with Gasteiger partial charge in [-0.25, -0.2) is 4.98 Å². The van der Waals surface area contributed by atoms with Gasteiger partial charge in [0.1, 0.15) is 24.3 Å². The molecule has 1 aliphatic heterocycles.